The number of hydrogen-bond donors (Lipinski definition) is 1. The van der Waals surface area contributed by atoms with Gasteiger partial charge >= 0.3 is 0 Å². The minimum atomic E-state index is 0.573. The molecule has 0 atom stereocenters. The third-order valence-corrected chi connectivity index (χ3v) is 2.72. The van der Waals surface area contributed by atoms with Crippen molar-refractivity contribution < 1.29 is 9.47 Å². The molecular formula is C13H18ClNO2. The van der Waals surface area contributed by atoms with E-state index in [1.165, 1.54) is 0 Å². The van der Waals surface area contributed by atoms with Gasteiger partial charge in [-0.1, -0.05) is 29.8 Å². The van der Waals surface area contributed by atoms with Crippen LogP contribution in [-0.4, -0.2) is 20.8 Å². The molecule has 94 valence electrons. The maximum absolute atomic E-state index is 6.24. The van der Waals surface area contributed by atoms with Crippen LogP contribution in [0.2, 0.25) is 5.02 Å². The van der Waals surface area contributed by atoms with Gasteiger partial charge in [0.05, 0.1) is 19.2 Å². The number of rotatable bonds is 6. The Kier molecular flexibility index (Phi) is 5.32. The Morgan fingerprint density at radius 2 is 2.06 bits per heavy atom. The molecule has 0 unspecified atom stereocenters. The lowest BCUT2D eigenvalue weighted by molar-refractivity contribution is 0.354. The molecule has 1 rings (SSSR count). The van der Waals surface area contributed by atoms with Gasteiger partial charge in [0.2, 0.25) is 0 Å². The Labute approximate surface area is 107 Å². The second-order valence-electron chi connectivity index (χ2n) is 3.83. The number of benzene rings is 1. The molecule has 0 heterocycles. The Morgan fingerprint density at radius 1 is 1.35 bits per heavy atom. The molecule has 0 radical (unpaired) electrons. The minimum absolute atomic E-state index is 0.573. The first-order chi connectivity index (χ1) is 8.10. The van der Waals surface area contributed by atoms with Gasteiger partial charge in [-0.05, 0) is 18.6 Å². The van der Waals surface area contributed by atoms with Crippen LogP contribution < -0.4 is 14.8 Å². The number of hydrogen-bond acceptors (Lipinski definition) is 3. The van der Waals surface area contributed by atoms with Crippen molar-refractivity contribution in [3.63, 3.8) is 0 Å². The van der Waals surface area contributed by atoms with E-state index in [4.69, 9.17) is 21.1 Å². The van der Waals surface area contributed by atoms with Crippen LogP contribution in [0.1, 0.15) is 12.5 Å². The first-order valence-electron chi connectivity index (χ1n) is 5.34. The van der Waals surface area contributed by atoms with E-state index in [0.29, 0.717) is 23.1 Å². The SMILES string of the molecule is C=C(C)CNCc1ccc(OC)c(OC)c1Cl. The molecule has 3 nitrogen and oxygen atoms in total. The molecule has 1 N–H and O–H groups in total. The van der Waals surface area contributed by atoms with Crippen LogP contribution in [0.25, 0.3) is 0 Å². The van der Waals surface area contributed by atoms with Gasteiger partial charge in [-0.3, -0.25) is 0 Å². The standard InChI is InChI=1S/C13H18ClNO2/c1-9(2)7-15-8-10-5-6-11(16-3)13(17-4)12(10)14/h5-6,15H,1,7-8H2,2-4H3. The van der Waals surface area contributed by atoms with Gasteiger partial charge in [0.1, 0.15) is 0 Å². The van der Waals surface area contributed by atoms with Gasteiger partial charge in [0, 0.05) is 13.1 Å². The lowest BCUT2D eigenvalue weighted by Gasteiger charge is -2.13. The fourth-order valence-electron chi connectivity index (χ4n) is 1.48. The molecule has 17 heavy (non-hydrogen) atoms. The van der Waals surface area contributed by atoms with Crippen molar-refractivity contribution in [2.24, 2.45) is 0 Å². The van der Waals surface area contributed by atoms with Gasteiger partial charge in [-0.25, -0.2) is 0 Å². The van der Waals surface area contributed by atoms with E-state index in [9.17, 15) is 0 Å². The van der Waals surface area contributed by atoms with Gasteiger partial charge in [-0.2, -0.15) is 0 Å². The maximum atomic E-state index is 6.24. The van der Waals surface area contributed by atoms with Crippen LogP contribution in [-0.2, 0) is 6.54 Å². The summed E-state index contributed by atoms with van der Waals surface area (Å²) in [6, 6.07) is 3.78. The summed E-state index contributed by atoms with van der Waals surface area (Å²) >= 11 is 6.24. The summed E-state index contributed by atoms with van der Waals surface area (Å²) in [5.74, 6) is 1.21. The molecule has 0 aliphatic carbocycles. The summed E-state index contributed by atoms with van der Waals surface area (Å²) in [7, 11) is 3.17. The largest absolute Gasteiger partial charge is 0.493 e. The van der Waals surface area contributed by atoms with Gasteiger partial charge < -0.3 is 14.8 Å². The predicted octanol–water partition coefficient (Wildman–Crippen LogP) is 3.02. The molecule has 0 aliphatic rings. The third kappa shape index (κ3) is 3.65. The first-order valence-corrected chi connectivity index (χ1v) is 5.72. The van der Waals surface area contributed by atoms with E-state index in [0.717, 1.165) is 17.7 Å². The zero-order valence-corrected chi connectivity index (χ0v) is 11.2. The fourth-order valence-corrected chi connectivity index (χ4v) is 1.78. The number of halogens is 1. The molecule has 1 aromatic rings. The Hall–Kier alpha value is -1.19. The minimum Gasteiger partial charge on any atom is -0.493 e. The molecule has 1 aromatic carbocycles. The summed E-state index contributed by atoms with van der Waals surface area (Å²) in [6.45, 7) is 7.25. The second-order valence-corrected chi connectivity index (χ2v) is 4.21. The number of ether oxygens (including phenoxy) is 2. The van der Waals surface area contributed by atoms with Crippen LogP contribution in [0.4, 0.5) is 0 Å². The average molecular weight is 256 g/mol. The van der Waals surface area contributed by atoms with Gasteiger partial charge in [0.15, 0.2) is 11.5 Å². The van der Waals surface area contributed by atoms with E-state index in [1.807, 2.05) is 19.1 Å². The van der Waals surface area contributed by atoms with Crippen LogP contribution in [0.5, 0.6) is 11.5 Å². The van der Waals surface area contributed by atoms with E-state index >= 15 is 0 Å². The van der Waals surface area contributed by atoms with Gasteiger partial charge in [0.25, 0.3) is 0 Å². The first kappa shape index (κ1) is 13.9. The van der Waals surface area contributed by atoms with Crippen LogP contribution >= 0.6 is 11.6 Å². The normalized spacial score (nSPS) is 10.1. The molecule has 0 aliphatic heterocycles. The Bertz CT molecular complexity index is 405. The Morgan fingerprint density at radius 3 is 2.59 bits per heavy atom. The monoisotopic (exact) mass is 255 g/mol. The molecule has 0 spiro atoms. The fraction of sp³-hybridized carbons (Fsp3) is 0.385. The molecule has 0 fully saturated rings. The van der Waals surface area contributed by atoms with E-state index in [2.05, 4.69) is 11.9 Å². The van der Waals surface area contributed by atoms with Crippen molar-refractivity contribution in [3.8, 4) is 11.5 Å². The molecule has 0 saturated carbocycles. The van der Waals surface area contributed by atoms with Crippen molar-refractivity contribution in [1.29, 1.82) is 0 Å². The smallest absolute Gasteiger partial charge is 0.179 e. The summed E-state index contributed by atoms with van der Waals surface area (Å²) < 4.78 is 10.4. The Balaban J connectivity index is 2.83. The second kappa shape index (κ2) is 6.52. The maximum Gasteiger partial charge on any atom is 0.179 e. The number of nitrogens with one attached hydrogen (secondary N) is 1. The van der Waals surface area contributed by atoms with Crippen LogP contribution in [0.3, 0.4) is 0 Å². The van der Waals surface area contributed by atoms with Crippen molar-refractivity contribution in [2.45, 2.75) is 13.5 Å². The summed E-state index contributed by atoms with van der Waals surface area (Å²) in [6.07, 6.45) is 0. The highest BCUT2D eigenvalue weighted by Gasteiger charge is 2.12. The van der Waals surface area contributed by atoms with Crippen LogP contribution in [0.15, 0.2) is 24.3 Å². The van der Waals surface area contributed by atoms with E-state index < -0.39 is 0 Å². The molecular weight excluding hydrogens is 238 g/mol. The summed E-state index contributed by atoms with van der Waals surface area (Å²) in [4.78, 5) is 0. The number of methoxy groups -OCH3 is 2. The van der Waals surface area contributed by atoms with Crippen molar-refractivity contribution in [1.82, 2.24) is 5.32 Å². The highest BCUT2D eigenvalue weighted by atomic mass is 35.5. The van der Waals surface area contributed by atoms with E-state index in [-0.39, 0.29) is 0 Å². The zero-order chi connectivity index (χ0) is 12.8. The topological polar surface area (TPSA) is 30.5 Å². The summed E-state index contributed by atoms with van der Waals surface area (Å²) in [5.41, 5.74) is 2.06. The predicted molar refractivity (Wildman–Crippen MR) is 71.1 cm³/mol. The lowest BCUT2D eigenvalue weighted by Crippen LogP contribution is -2.15. The lowest BCUT2D eigenvalue weighted by atomic mass is 10.2. The van der Waals surface area contributed by atoms with Crippen molar-refractivity contribution in [3.05, 3.63) is 34.9 Å². The van der Waals surface area contributed by atoms with E-state index in [1.54, 1.807) is 14.2 Å². The van der Waals surface area contributed by atoms with Crippen molar-refractivity contribution >= 4 is 11.6 Å². The van der Waals surface area contributed by atoms with Gasteiger partial charge in [-0.15, -0.1) is 0 Å². The van der Waals surface area contributed by atoms with Crippen LogP contribution in [0, 0.1) is 0 Å². The molecule has 0 amide bonds. The molecule has 0 bridgehead atoms. The molecule has 0 aromatic heterocycles. The van der Waals surface area contributed by atoms with Crippen molar-refractivity contribution in [2.75, 3.05) is 20.8 Å². The molecule has 4 heteroatoms. The molecule has 0 saturated heterocycles. The average Bonchev–Trinajstić information content (AvgIpc) is 2.30. The highest BCUT2D eigenvalue weighted by Crippen LogP contribution is 2.37. The zero-order valence-electron chi connectivity index (χ0n) is 10.5. The summed E-state index contributed by atoms with van der Waals surface area (Å²) in [5, 5.41) is 3.83. The third-order valence-electron chi connectivity index (χ3n) is 2.31. The highest BCUT2D eigenvalue weighted by molar-refractivity contribution is 6.33. The quantitative estimate of drug-likeness (QED) is 0.793.